The molecule has 0 aliphatic heterocycles. The molecule has 0 aromatic rings. The third kappa shape index (κ3) is 38.5. The Hall–Kier alpha value is -1.94. The molecule has 3 N–H and O–H groups in total. The second-order valence-electron chi connectivity index (χ2n) is 15.7. The fourth-order valence-electron chi connectivity index (χ4n) is 6.00. The van der Waals surface area contributed by atoms with E-state index in [1.807, 2.05) is 0 Å². The van der Waals surface area contributed by atoms with Crippen LogP contribution >= 0.6 is 15.6 Å². The maximum absolute atomic E-state index is 12.6. The van der Waals surface area contributed by atoms with Crippen LogP contribution in [0.15, 0.2) is 0 Å². The summed E-state index contributed by atoms with van der Waals surface area (Å²) in [6.07, 6.45) is 19.7. The summed E-state index contributed by atoms with van der Waals surface area (Å²) < 4.78 is 65.6. The predicted molar refractivity (Wildman–Crippen MR) is 234 cm³/mol. The number of esters is 4. The molecule has 0 aromatic carbocycles. The van der Waals surface area contributed by atoms with E-state index in [4.69, 9.17) is 37.0 Å². The molecular weight excluding hydrogens is 850 g/mol. The van der Waals surface area contributed by atoms with Crippen molar-refractivity contribution in [3.05, 3.63) is 0 Å². The van der Waals surface area contributed by atoms with Crippen molar-refractivity contribution >= 4 is 39.5 Å². The van der Waals surface area contributed by atoms with E-state index in [0.29, 0.717) is 19.3 Å². The molecule has 5 atom stereocenters. The van der Waals surface area contributed by atoms with Crippen LogP contribution in [0, 0.1) is 0 Å². The Labute approximate surface area is 371 Å². The van der Waals surface area contributed by atoms with Gasteiger partial charge in [0.1, 0.15) is 19.3 Å². The maximum Gasteiger partial charge on any atom is 0.472 e. The molecule has 62 heavy (non-hydrogen) atoms. The van der Waals surface area contributed by atoms with Crippen LogP contribution in [-0.2, 0) is 65.4 Å². The standard InChI is InChI=1S/C43H82O17P2/c1-5-9-11-13-15-17-19-21-23-25-26-29-42(47)59-38(33-53-40(45)8-4)35-57-61(49,50)55-31-37(44)32-56-62(51,52)58-36-39(34-54-41(46)28-7-3)60-43(48)30-27-24-22-20-18-16-14-12-10-6-2/h37-39,44H,5-36H2,1-4H3,(H,49,50)(H,51,52)/t37-,38+,39+/m0/s1. The van der Waals surface area contributed by atoms with Crippen LogP contribution in [0.2, 0.25) is 0 Å². The lowest BCUT2D eigenvalue weighted by molar-refractivity contribution is -0.161. The van der Waals surface area contributed by atoms with Crippen molar-refractivity contribution < 1.29 is 80.2 Å². The van der Waals surface area contributed by atoms with Crippen LogP contribution in [0.1, 0.15) is 195 Å². The fourth-order valence-corrected chi connectivity index (χ4v) is 7.58. The minimum Gasteiger partial charge on any atom is -0.462 e. The molecule has 0 heterocycles. The van der Waals surface area contributed by atoms with Gasteiger partial charge in [0, 0.05) is 25.7 Å². The van der Waals surface area contributed by atoms with Gasteiger partial charge < -0.3 is 33.8 Å². The van der Waals surface area contributed by atoms with Gasteiger partial charge in [-0.15, -0.1) is 0 Å². The SMILES string of the molecule is CCCCCCCCCCCCCC(=O)O[C@H](COC(=O)CC)COP(=O)(O)OC[C@H](O)COP(=O)(O)OC[C@@H](COC(=O)CCC)OC(=O)CCCCCCCCCCCC. The highest BCUT2D eigenvalue weighted by Crippen LogP contribution is 2.45. The van der Waals surface area contributed by atoms with Gasteiger partial charge in [0.2, 0.25) is 0 Å². The molecule has 2 unspecified atom stereocenters. The summed E-state index contributed by atoms with van der Waals surface area (Å²) in [5.41, 5.74) is 0. The number of aliphatic hydroxyl groups is 1. The first-order valence-electron chi connectivity index (χ1n) is 23.3. The molecule has 0 fully saturated rings. The lowest BCUT2D eigenvalue weighted by atomic mass is 10.1. The molecule has 366 valence electrons. The number of phosphoric acid groups is 2. The van der Waals surface area contributed by atoms with Crippen molar-refractivity contribution in [2.75, 3.05) is 39.6 Å². The molecular formula is C43H82O17P2. The van der Waals surface area contributed by atoms with E-state index in [0.717, 1.165) is 51.4 Å². The summed E-state index contributed by atoms with van der Waals surface area (Å²) in [7, 11) is -9.79. The second-order valence-corrected chi connectivity index (χ2v) is 18.6. The smallest absolute Gasteiger partial charge is 0.462 e. The maximum atomic E-state index is 12.6. The Morgan fingerprint density at radius 3 is 1.06 bits per heavy atom. The summed E-state index contributed by atoms with van der Waals surface area (Å²) in [6, 6.07) is 0. The number of rotatable bonds is 44. The molecule has 0 aromatic heterocycles. The number of carbonyl (C=O) groups excluding carboxylic acids is 4. The molecule has 19 heteroatoms. The molecule has 0 rings (SSSR count). The largest absolute Gasteiger partial charge is 0.472 e. The third-order valence-electron chi connectivity index (χ3n) is 9.63. The number of phosphoric ester groups is 2. The molecule has 0 spiro atoms. The van der Waals surface area contributed by atoms with Crippen molar-refractivity contribution in [3.63, 3.8) is 0 Å². The van der Waals surface area contributed by atoms with E-state index in [9.17, 15) is 43.2 Å². The zero-order valence-corrected chi connectivity index (χ0v) is 40.1. The first-order valence-corrected chi connectivity index (χ1v) is 26.3. The average Bonchev–Trinajstić information content (AvgIpc) is 3.23. The zero-order valence-electron chi connectivity index (χ0n) is 38.3. The third-order valence-corrected chi connectivity index (χ3v) is 11.5. The minimum absolute atomic E-state index is 0.0512. The Morgan fingerprint density at radius 2 is 0.726 bits per heavy atom. The minimum atomic E-state index is -4.89. The average molecular weight is 933 g/mol. The van der Waals surface area contributed by atoms with Crippen molar-refractivity contribution in [1.82, 2.24) is 0 Å². The summed E-state index contributed by atoms with van der Waals surface area (Å²) in [4.78, 5) is 69.1. The van der Waals surface area contributed by atoms with Gasteiger partial charge >= 0.3 is 39.5 Å². The van der Waals surface area contributed by atoms with Gasteiger partial charge in [0.05, 0.1) is 26.4 Å². The molecule has 0 radical (unpaired) electrons. The van der Waals surface area contributed by atoms with Gasteiger partial charge in [-0.2, -0.15) is 0 Å². The highest BCUT2D eigenvalue weighted by Gasteiger charge is 2.30. The number of unbranched alkanes of at least 4 members (excludes halogenated alkanes) is 19. The van der Waals surface area contributed by atoms with Crippen molar-refractivity contribution in [2.45, 2.75) is 213 Å². The van der Waals surface area contributed by atoms with Crippen LogP contribution in [0.25, 0.3) is 0 Å². The van der Waals surface area contributed by atoms with Crippen LogP contribution in [0.5, 0.6) is 0 Å². The predicted octanol–water partition coefficient (Wildman–Crippen LogP) is 9.75. The molecule has 0 bridgehead atoms. The van der Waals surface area contributed by atoms with Crippen molar-refractivity contribution in [1.29, 1.82) is 0 Å². The van der Waals surface area contributed by atoms with Crippen LogP contribution in [0.3, 0.4) is 0 Å². The number of ether oxygens (including phenoxy) is 4. The van der Waals surface area contributed by atoms with Crippen molar-refractivity contribution in [3.8, 4) is 0 Å². The number of aliphatic hydroxyl groups excluding tert-OH is 1. The lowest BCUT2D eigenvalue weighted by Crippen LogP contribution is -2.30. The monoisotopic (exact) mass is 933 g/mol. The topological polar surface area (TPSA) is 237 Å². The quantitative estimate of drug-likeness (QED) is 0.0223. The van der Waals surface area contributed by atoms with E-state index >= 15 is 0 Å². The van der Waals surface area contributed by atoms with E-state index in [-0.39, 0.29) is 25.7 Å². The molecule has 0 aliphatic carbocycles. The summed E-state index contributed by atoms with van der Waals surface area (Å²) in [5, 5.41) is 10.3. The van der Waals surface area contributed by atoms with Gasteiger partial charge in [0.25, 0.3) is 0 Å². The van der Waals surface area contributed by atoms with E-state index < -0.39 is 97.5 Å². The summed E-state index contributed by atoms with van der Waals surface area (Å²) in [6.45, 7) is 3.73. The van der Waals surface area contributed by atoms with Crippen LogP contribution in [-0.4, -0.2) is 96.7 Å². The number of carbonyl (C=O) groups is 4. The highest BCUT2D eigenvalue weighted by atomic mass is 31.2. The number of hydrogen-bond donors (Lipinski definition) is 3. The second kappa shape index (κ2) is 39.4. The van der Waals surface area contributed by atoms with Crippen LogP contribution in [0.4, 0.5) is 0 Å². The molecule has 17 nitrogen and oxygen atoms in total. The van der Waals surface area contributed by atoms with E-state index in [1.54, 1.807) is 13.8 Å². The van der Waals surface area contributed by atoms with Gasteiger partial charge in [-0.25, -0.2) is 9.13 Å². The van der Waals surface area contributed by atoms with E-state index in [1.165, 1.54) is 70.6 Å². The molecule has 0 saturated heterocycles. The summed E-state index contributed by atoms with van der Waals surface area (Å²) >= 11 is 0. The Kier molecular flexibility index (Phi) is 38.2. The molecule has 0 saturated carbocycles. The first kappa shape index (κ1) is 60.1. The Bertz CT molecular complexity index is 1250. The van der Waals surface area contributed by atoms with Gasteiger partial charge in [-0.05, 0) is 19.3 Å². The lowest BCUT2D eigenvalue weighted by Gasteiger charge is -2.21. The van der Waals surface area contributed by atoms with Crippen LogP contribution < -0.4 is 0 Å². The first-order chi connectivity index (χ1) is 29.7. The van der Waals surface area contributed by atoms with Gasteiger partial charge in [0.15, 0.2) is 12.2 Å². The zero-order chi connectivity index (χ0) is 46.3. The van der Waals surface area contributed by atoms with Crippen molar-refractivity contribution in [2.24, 2.45) is 0 Å². The molecule has 0 aliphatic rings. The highest BCUT2D eigenvalue weighted by molar-refractivity contribution is 7.47. The molecule has 0 amide bonds. The number of hydrogen-bond acceptors (Lipinski definition) is 15. The van der Waals surface area contributed by atoms with Gasteiger partial charge in [-0.3, -0.25) is 37.3 Å². The Morgan fingerprint density at radius 1 is 0.403 bits per heavy atom. The summed E-state index contributed by atoms with van der Waals surface area (Å²) in [5.74, 6) is -2.32. The normalized spacial score (nSPS) is 14.9. The van der Waals surface area contributed by atoms with Gasteiger partial charge in [-0.1, -0.05) is 150 Å². The Balaban J connectivity index is 4.80. The van der Waals surface area contributed by atoms with E-state index in [2.05, 4.69) is 13.8 Å². The fraction of sp³-hybridized carbons (Fsp3) is 0.907.